The lowest BCUT2D eigenvalue weighted by molar-refractivity contribution is -0.140. The van der Waals surface area contributed by atoms with Gasteiger partial charge in [-0.1, -0.05) is 84.2 Å². The molecule has 0 aliphatic heterocycles. The molecule has 1 N–H and O–H groups in total. The van der Waals surface area contributed by atoms with E-state index in [4.69, 9.17) is 23.2 Å². The molecule has 2 amide bonds. The molecule has 0 fully saturated rings. The molecular weight excluding hydrogens is 636 g/mol. The van der Waals surface area contributed by atoms with Crippen molar-refractivity contribution in [2.24, 2.45) is 0 Å². The van der Waals surface area contributed by atoms with Gasteiger partial charge in [-0.2, -0.15) is 0 Å². The summed E-state index contributed by atoms with van der Waals surface area (Å²) in [6, 6.07) is 24.3. The fourth-order valence-electron chi connectivity index (χ4n) is 4.73. The Labute approximate surface area is 273 Å². The number of aryl methyl sites for hydroxylation is 1. The fourth-order valence-corrected chi connectivity index (χ4v) is 6.46. The maximum Gasteiger partial charge on any atom is 0.264 e. The summed E-state index contributed by atoms with van der Waals surface area (Å²) in [5, 5.41) is 3.50. The van der Waals surface area contributed by atoms with Crippen LogP contribution in [0, 0.1) is 12.7 Å². The van der Waals surface area contributed by atoms with E-state index in [2.05, 4.69) is 5.32 Å². The number of anilines is 1. The lowest BCUT2D eigenvalue weighted by atomic mass is 10.0. The van der Waals surface area contributed by atoms with Crippen molar-refractivity contribution in [1.82, 2.24) is 10.2 Å². The van der Waals surface area contributed by atoms with E-state index >= 15 is 0 Å². The van der Waals surface area contributed by atoms with E-state index in [-0.39, 0.29) is 34.5 Å². The summed E-state index contributed by atoms with van der Waals surface area (Å²) >= 11 is 12.5. The lowest BCUT2D eigenvalue weighted by Crippen LogP contribution is -2.53. The number of halogens is 3. The zero-order chi connectivity index (χ0) is 32.6. The molecule has 0 radical (unpaired) electrons. The van der Waals surface area contributed by atoms with Crippen LogP contribution in [0.25, 0.3) is 0 Å². The van der Waals surface area contributed by atoms with E-state index in [9.17, 15) is 22.4 Å². The van der Waals surface area contributed by atoms with Gasteiger partial charge in [0, 0.05) is 19.5 Å². The van der Waals surface area contributed by atoms with Crippen molar-refractivity contribution in [3.05, 3.63) is 130 Å². The molecule has 0 heterocycles. The predicted octanol–water partition coefficient (Wildman–Crippen LogP) is 6.80. The molecule has 0 spiro atoms. The number of hydrogen-bond donors (Lipinski definition) is 1. The first-order valence-corrected chi connectivity index (χ1v) is 16.6. The highest BCUT2D eigenvalue weighted by Gasteiger charge is 2.34. The van der Waals surface area contributed by atoms with Crippen molar-refractivity contribution in [3.63, 3.8) is 0 Å². The Morgan fingerprint density at radius 2 is 1.53 bits per heavy atom. The number of nitrogens with one attached hydrogen (secondary N) is 1. The summed E-state index contributed by atoms with van der Waals surface area (Å²) in [5.41, 5.74) is 2.54. The van der Waals surface area contributed by atoms with Gasteiger partial charge < -0.3 is 10.2 Å². The van der Waals surface area contributed by atoms with Crippen molar-refractivity contribution in [3.8, 4) is 0 Å². The average molecular weight is 671 g/mol. The molecule has 1 atom stereocenters. The quantitative estimate of drug-likeness (QED) is 0.170. The number of nitrogens with zero attached hydrogens (tertiary/aromatic N) is 2. The Morgan fingerprint density at radius 3 is 2.16 bits per heavy atom. The van der Waals surface area contributed by atoms with Crippen LogP contribution >= 0.6 is 23.2 Å². The third-order valence-electron chi connectivity index (χ3n) is 7.16. The first-order valence-electron chi connectivity index (χ1n) is 14.4. The molecular formula is C34H34Cl2FN3O4S. The highest BCUT2D eigenvalue weighted by molar-refractivity contribution is 7.92. The van der Waals surface area contributed by atoms with Gasteiger partial charge in [0.1, 0.15) is 18.4 Å². The monoisotopic (exact) mass is 669 g/mol. The van der Waals surface area contributed by atoms with Gasteiger partial charge in [0.2, 0.25) is 11.8 Å². The minimum atomic E-state index is -4.34. The number of benzene rings is 4. The maximum atomic E-state index is 14.4. The van der Waals surface area contributed by atoms with Gasteiger partial charge >= 0.3 is 0 Å². The van der Waals surface area contributed by atoms with E-state index in [0.29, 0.717) is 23.6 Å². The topological polar surface area (TPSA) is 86.8 Å². The summed E-state index contributed by atoms with van der Waals surface area (Å²) in [4.78, 5) is 29.3. The van der Waals surface area contributed by atoms with Crippen molar-refractivity contribution >= 4 is 50.7 Å². The first kappa shape index (κ1) is 34.0. The molecule has 45 heavy (non-hydrogen) atoms. The number of carbonyl (C=O) groups excluding carboxylic acids is 2. The van der Waals surface area contributed by atoms with E-state index in [1.54, 1.807) is 42.5 Å². The highest BCUT2D eigenvalue weighted by Crippen LogP contribution is 2.27. The van der Waals surface area contributed by atoms with Gasteiger partial charge in [-0.15, -0.1) is 0 Å². The van der Waals surface area contributed by atoms with Gasteiger partial charge in [-0.05, 0) is 73.0 Å². The van der Waals surface area contributed by atoms with E-state index in [1.165, 1.54) is 4.90 Å². The molecule has 4 aromatic carbocycles. The number of sulfonamides is 1. The highest BCUT2D eigenvalue weighted by atomic mass is 35.5. The molecule has 0 aromatic heterocycles. The Kier molecular flexibility index (Phi) is 11.6. The van der Waals surface area contributed by atoms with Crippen molar-refractivity contribution in [2.75, 3.05) is 17.4 Å². The van der Waals surface area contributed by atoms with Crippen molar-refractivity contribution in [1.29, 1.82) is 0 Å². The van der Waals surface area contributed by atoms with Crippen molar-refractivity contribution in [2.45, 2.75) is 44.2 Å². The summed E-state index contributed by atoms with van der Waals surface area (Å²) < 4.78 is 42.7. The fraction of sp³-hybridized carbons (Fsp3) is 0.235. The maximum absolute atomic E-state index is 14.4. The molecule has 0 unspecified atom stereocenters. The largest absolute Gasteiger partial charge is 0.354 e. The molecule has 0 aliphatic carbocycles. The molecule has 0 bridgehead atoms. The Morgan fingerprint density at radius 1 is 0.867 bits per heavy atom. The second kappa shape index (κ2) is 15.4. The van der Waals surface area contributed by atoms with Gasteiger partial charge in [0.25, 0.3) is 10.0 Å². The molecule has 236 valence electrons. The molecule has 7 nitrogen and oxygen atoms in total. The van der Waals surface area contributed by atoms with Crippen LogP contribution in [-0.2, 0) is 32.6 Å². The molecule has 4 rings (SSSR count). The Hall–Kier alpha value is -3.92. The number of carbonyl (C=O) groups is 2. The molecule has 4 aromatic rings. The first-order chi connectivity index (χ1) is 21.5. The second-order valence-electron chi connectivity index (χ2n) is 10.6. The third kappa shape index (κ3) is 8.84. The summed E-state index contributed by atoms with van der Waals surface area (Å²) in [7, 11) is -4.34. The van der Waals surface area contributed by atoms with Gasteiger partial charge in [-0.25, -0.2) is 12.8 Å². The Bertz CT molecular complexity index is 1720. The zero-order valence-corrected chi connectivity index (χ0v) is 27.2. The van der Waals surface area contributed by atoms with Crippen LogP contribution in [-0.4, -0.2) is 44.3 Å². The van der Waals surface area contributed by atoms with E-state index in [1.807, 2.05) is 44.2 Å². The van der Waals surface area contributed by atoms with Crippen LogP contribution in [0.4, 0.5) is 10.1 Å². The van der Waals surface area contributed by atoms with Gasteiger partial charge in [0.15, 0.2) is 0 Å². The lowest BCUT2D eigenvalue weighted by Gasteiger charge is -2.34. The third-order valence-corrected chi connectivity index (χ3v) is 9.69. The number of hydrogen-bond acceptors (Lipinski definition) is 4. The summed E-state index contributed by atoms with van der Waals surface area (Å²) in [6.45, 7) is 3.50. The SMILES string of the molecule is CCCNC(=O)[C@@H](Cc1ccccc1)N(Cc1ccc(Cl)c(Cl)c1)C(=O)CN(c1ccc(C)cc1)S(=O)(=O)c1ccc(F)cc1. The van der Waals surface area contributed by atoms with E-state index in [0.717, 1.165) is 39.7 Å². The van der Waals surface area contributed by atoms with Gasteiger partial charge in [-0.3, -0.25) is 13.9 Å². The molecule has 0 saturated carbocycles. The molecule has 11 heteroatoms. The number of amides is 2. The number of rotatable bonds is 13. The zero-order valence-electron chi connectivity index (χ0n) is 24.9. The van der Waals surface area contributed by atoms with E-state index < -0.39 is 34.3 Å². The minimum Gasteiger partial charge on any atom is -0.354 e. The van der Waals surface area contributed by atoms with Crippen LogP contribution in [0.15, 0.2) is 102 Å². The Balaban J connectivity index is 1.80. The van der Waals surface area contributed by atoms with Crippen LogP contribution in [0.5, 0.6) is 0 Å². The van der Waals surface area contributed by atoms with Crippen LogP contribution in [0.3, 0.4) is 0 Å². The second-order valence-corrected chi connectivity index (χ2v) is 13.2. The van der Waals surface area contributed by atoms with Crippen LogP contribution < -0.4 is 9.62 Å². The average Bonchev–Trinajstić information content (AvgIpc) is 3.03. The standard InChI is InChI=1S/C34H34Cl2FN3O4S/c1-3-19-38-34(42)32(21-25-7-5-4-6-8-25)39(22-26-11-18-30(35)31(36)20-26)33(41)23-40(28-14-9-24(2)10-15-28)45(43,44)29-16-12-27(37)13-17-29/h4-18,20,32H,3,19,21-23H2,1-2H3,(H,38,42)/t32-/m1/s1. The minimum absolute atomic E-state index is 0.0505. The van der Waals surface area contributed by atoms with Gasteiger partial charge in [0.05, 0.1) is 20.6 Å². The normalized spacial score (nSPS) is 11.9. The summed E-state index contributed by atoms with van der Waals surface area (Å²) in [5.74, 6) is -1.60. The van der Waals surface area contributed by atoms with Crippen molar-refractivity contribution < 1.29 is 22.4 Å². The smallest absolute Gasteiger partial charge is 0.264 e. The molecule has 0 aliphatic rings. The molecule has 0 saturated heterocycles. The summed E-state index contributed by atoms with van der Waals surface area (Å²) in [6.07, 6.45) is 0.861. The van der Waals surface area contributed by atoms with Crippen LogP contribution in [0.2, 0.25) is 10.0 Å². The predicted molar refractivity (Wildman–Crippen MR) is 176 cm³/mol. The van der Waals surface area contributed by atoms with Crippen LogP contribution in [0.1, 0.15) is 30.0 Å².